The fourth-order valence-corrected chi connectivity index (χ4v) is 5.83. The SMILES string of the molecule is CC1CN(c2ccncc2NC(=O)c2nc3cc(C4CCN(C)CC4)ccc3cc2N)CC(N)C1NC(=O)O. The van der Waals surface area contributed by atoms with E-state index in [1.807, 2.05) is 24.0 Å². The fourth-order valence-electron chi connectivity index (χ4n) is 5.83. The van der Waals surface area contributed by atoms with Gasteiger partial charge in [-0.15, -0.1) is 0 Å². The molecule has 11 heteroatoms. The highest BCUT2D eigenvalue weighted by atomic mass is 16.4. The number of carbonyl (C=O) groups is 2. The fraction of sp³-hybridized carbons (Fsp3) is 0.429. The molecule has 7 N–H and O–H groups in total. The van der Waals surface area contributed by atoms with E-state index in [1.54, 1.807) is 18.5 Å². The van der Waals surface area contributed by atoms with Crippen LogP contribution in [0.25, 0.3) is 10.9 Å². The highest BCUT2D eigenvalue weighted by Crippen LogP contribution is 2.32. The maximum Gasteiger partial charge on any atom is 0.404 e. The standard InChI is InChI=1S/C28H36N8O3/c1-16-14-36(15-21(30)25(16)34-28(38)39)24-5-8-31-13-23(24)33-27(37)26-20(29)11-19-4-3-18(12-22(19)32-26)17-6-9-35(2)10-7-17/h3-5,8,11-13,16-17,21,25,34H,6-7,9-10,14-15,29-30H2,1-2H3,(H,33,37)(H,38,39). The molecule has 206 valence electrons. The highest BCUT2D eigenvalue weighted by molar-refractivity contribution is 6.09. The molecular formula is C28H36N8O3. The van der Waals surface area contributed by atoms with Crippen LogP contribution in [0, 0.1) is 5.92 Å². The Morgan fingerprint density at radius 2 is 1.90 bits per heavy atom. The number of nitrogens with two attached hydrogens (primary N) is 2. The summed E-state index contributed by atoms with van der Waals surface area (Å²) in [6, 6.07) is 9.07. The first-order valence-electron chi connectivity index (χ1n) is 13.3. The number of nitrogen functional groups attached to an aromatic ring is 1. The van der Waals surface area contributed by atoms with Crippen molar-refractivity contribution >= 4 is 40.0 Å². The zero-order chi connectivity index (χ0) is 27.7. The third kappa shape index (κ3) is 5.74. The van der Waals surface area contributed by atoms with E-state index in [2.05, 4.69) is 44.7 Å². The van der Waals surface area contributed by atoms with Gasteiger partial charge >= 0.3 is 6.09 Å². The molecule has 3 unspecified atom stereocenters. The van der Waals surface area contributed by atoms with E-state index in [0.29, 0.717) is 30.4 Å². The van der Waals surface area contributed by atoms with Crippen molar-refractivity contribution in [2.45, 2.75) is 37.8 Å². The van der Waals surface area contributed by atoms with Crippen LogP contribution in [0.3, 0.4) is 0 Å². The number of pyridine rings is 2. The van der Waals surface area contributed by atoms with Crippen molar-refractivity contribution in [1.82, 2.24) is 20.2 Å². The van der Waals surface area contributed by atoms with Crippen LogP contribution in [-0.4, -0.2) is 77.3 Å². The molecule has 2 saturated heterocycles. The average molecular weight is 533 g/mol. The van der Waals surface area contributed by atoms with Crippen LogP contribution in [0.4, 0.5) is 21.9 Å². The first kappa shape index (κ1) is 26.6. The molecule has 0 spiro atoms. The summed E-state index contributed by atoms with van der Waals surface area (Å²) in [6.45, 7) is 5.05. The number of nitrogens with one attached hydrogen (secondary N) is 2. The predicted molar refractivity (Wildman–Crippen MR) is 152 cm³/mol. The monoisotopic (exact) mass is 532 g/mol. The van der Waals surface area contributed by atoms with Gasteiger partial charge in [0.05, 0.1) is 34.8 Å². The van der Waals surface area contributed by atoms with Crippen LogP contribution in [-0.2, 0) is 0 Å². The zero-order valence-corrected chi connectivity index (χ0v) is 22.3. The normalized spacial score (nSPS) is 22.5. The van der Waals surface area contributed by atoms with Gasteiger partial charge in [-0.05, 0) is 68.6 Å². The van der Waals surface area contributed by atoms with Crippen molar-refractivity contribution in [3.63, 3.8) is 0 Å². The lowest BCUT2D eigenvalue weighted by atomic mass is 9.89. The molecule has 0 aliphatic carbocycles. The van der Waals surface area contributed by atoms with Gasteiger partial charge in [-0.1, -0.05) is 19.1 Å². The first-order chi connectivity index (χ1) is 18.7. The number of hydrogen-bond acceptors (Lipinski definition) is 8. The second-order valence-electron chi connectivity index (χ2n) is 10.8. The Balaban J connectivity index is 1.37. The molecule has 1 aromatic carbocycles. The van der Waals surface area contributed by atoms with Gasteiger partial charge in [0, 0.05) is 30.7 Å². The third-order valence-corrected chi connectivity index (χ3v) is 7.97. The Bertz CT molecular complexity index is 1360. The van der Waals surface area contributed by atoms with E-state index in [4.69, 9.17) is 16.6 Å². The summed E-state index contributed by atoms with van der Waals surface area (Å²) in [5.41, 5.74) is 16.3. The van der Waals surface area contributed by atoms with E-state index in [0.717, 1.165) is 42.5 Å². The molecule has 2 fully saturated rings. The second-order valence-corrected chi connectivity index (χ2v) is 10.8. The van der Waals surface area contributed by atoms with Crippen LogP contribution < -0.4 is 27.0 Å². The number of anilines is 3. The van der Waals surface area contributed by atoms with Crippen LogP contribution in [0.15, 0.2) is 42.7 Å². The number of rotatable bonds is 5. The van der Waals surface area contributed by atoms with E-state index in [-0.39, 0.29) is 17.7 Å². The molecule has 2 aliphatic heterocycles. The van der Waals surface area contributed by atoms with Crippen LogP contribution in [0.1, 0.15) is 41.7 Å². The maximum absolute atomic E-state index is 13.4. The Morgan fingerprint density at radius 1 is 1.13 bits per heavy atom. The van der Waals surface area contributed by atoms with E-state index in [9.17, 15) is 9.59 Å². The van der Waals surface area contributed by atoms with Crippen molar-refractivity contribution in [2.75, 3.05) is 49.2 Å². The average Bonchev–Trinajstić information content (AvgIpc) is 2.90. The van der Waals surface area contributed by atoms with Gasteiger partial charge in [-0.2, -0.15) is 0 Å². The molecule has 2 aromatic heterocycles. The van der Waals surface area contributed by atoms with Crippen molar-refractivity contribution in [3.05, 3.63) is 54.0 Å². The summed E-state index contributed by atoms with van der Waals surface area (Å²) in [5, 5.41) is 15.5. The number of nitrogens with zero attached hydrogens (tertiary/aromatic N) is 4. The molecule has 2 amide bonds. The lowest BCUT2D eigenvalue weighted by Gasteiger charge is -2.42. The summed E-state index contributed by atoms with van der Waals surface area (Å²) < 4.78 is 0. The minimum atomic E-state index is -1.09. The Labute approximate surface area is 227 Å². The molecule has 0 saturated carbocycles. The van der Waals surface area contributed by atoms with E-state index in [1.165, 1.54) is 5.56 Å². The summed E-state index contributed by atoms with van der Waals surface area (Å²) in [7, 11) is 2.15. The second kappa shape index (κ2) is 11.0. The lowest BCUT2D eigenvalue weighted by molar-refractivity contribution is 0.102. The number of benzene rings is 1. The molecule has 3 atom stereocenters. The molecule has 2 aliphatic rings. The van der Waals surface area contributed by atoms with Crippen LogP contribution in [0.2, 0.25) is 0 Å². The van der Waals surface area contributed by atoms with Crippen molar-refractivity contribution in [1.29, 1.82) is 0 Å². The molecule has 4 heterocycles. The predicted octanol–water partition coefficient (Wildman–Crippen LogP) is 2.69. The minimum absolute atomic E-state index is 0.0434. The number of piperidine rings is 2. The van der Waals surface area contributed by atoms with Crippen molar-refractivity contribution in [3.8, 4) is 0 Å². The van der Waals surface area contributed by atoms with Crippen molar-refractivity contribution in [2.24, 2.45) is 11.7 Å². The summed E-state index contributed by atoms with van der Waals surface area (Å²) in [4.78, 5) is 37.9. The van der Waals surface area contributed by atoms with E-state index >= 15 is 0 Å². The summed E-state index contributed by atoms with van der Waals surface area (Å²) >= 11 is 0. The number of aromatic nitrogens is 2. The van der Waals surface area contributed by atoms with Gasteiger partial charge in [0.1, 0.15) is 0 Å². The van der Waals surface area contributed by atoms with Gasteiger partial charge in [0.25, 0.3) is 5.91 Å². The Hall–Kier alpha value is -3.96. The number of carboxylic acid groups (broad SMARTS) is 1. The number of amides is 2. The minimum Gasteiger partial charge on any atom is -0.465 e. The van der Waals surface area contributed by atoms with Crippen molar-refractivity contribution < 1.29 is 14.7 Å². The molecule has 39 heavy (non-hydrogen) atoms. The molecule has 5 rings (SSSR count). The molecule has 3 aromatic rings. The largest absolute Gasteiger partial charge is 0.465 e. The Kier molecular flexibility index (Phi) is 7.53. The summed E-state index contributed by atoms with van der Waals surface area (Å²) in [5.74, 6) is 0.00929. The van der Waals surface area contributed by atoms with Gasteiger partial charge < -0.3 is 37.0 Å². The highest BCUT2D eigenvalue weighted by Gasteiger charge is 2.34. The van der Waals surface area contributed by atoms with Gasteiger partial charge in [-0.25, -0.2) is 9.78 Å². The number of hydrogen-bond donors (Lipinski definition) is 5. The first-order valence-corrected chi connectivity index (χ1v) is 13.3. The molecule has 11 nitrogen and oxygen atoms in total. The molecular weight excluding hydrogens is 496 g/mol. The summed E-state index contributed by atoms with van der Waals surface area (Å²) in [6.07, 6.45) is 4.34. The lowest BCUT2D eigenvalue weighted by Crippen LogP contribution is -2.61. The van der Waals surface area contributed by atoms with Crippen LogP contribution >= 0.6 is 0 Å². The van der Waals surface area contributed by atoms with Crippen LogP contribution in [0.5, 0.6) is 0 Å². The Morgan fingerprint density at radius 3 is 2.62 bits per heavy atom. The smallest absolute Gasteiger partial charge is 0.404 e. The third-order valence-electron chi connectivity index (χ3n) is 7.97. The van der Waals surface area contributed by atoms with Gasteiger partial charge in [0.2, 0.25) is 0 Å². The number of carbonyl (C=O) groups excluding carboxylic acids is 1. The molecule has 0 radical (unpaired) electrons. The maximum atomic E-state index is 13.4. The van der Waals surface area contributed by atoms with E-state index < -0.39 is 18.0 Å². The zero-order valence-electron chi connectivity index (χ0n) is 22.3. The quantitative estimate of drug-likeness (QED) is 0.332. The topological polar surface area (TPSA) is 163 Å². The van der Waals surface area contributed by atoms with Gasteiger partial charge in [0.15, 0.2) is 5.69 Å². The number of likely N-dealkylation sites (tertiary alicyclic amines) is 1. The van der Waals surface area contributed by atoms with Gasteiger partial charge in [-0.3, -0.25) is 9.78 Å². The molecule has 0 bridgehead atoms. The number of fused-ring (bicyclic) bond motifs is 1.